The van der Waals surface area contributed by atoms with Crippen molar-refractivity contribution in [2.75, 3.05) is 0 Å². The third-order valence-corrected chi connectivity index (χ3v) is 3.73. The van der Waals surface area contributed by atoms with Crippen LogP contribution >= 0.6 is 0 Å². The lowest BCUT2D eigenvalue weighted by atomic mass is 9.72. The highest BCUT2D eigenvalue weighted by molar-refractivity contribution is 5.99. The first-order valence-corrected chi connectivity index (χ1v) is 7.12. The molecule has 0 amide bonds. The molecule has 0 aromatic carbocycles. The van der Waals surface area contributed by atoms with Crippen LogP contribution in [-0.2, 0) is 14.3 Å². The second kappa shape index (κ2) is 7.51. The van der Waals surface area contributed by atoms with Gasteiger partial charge in [-0.15, -0.1) is 0 Å². The Kier molecular flexibility index (Phi) is 7.09. The van der Waals surface area contributed by atoms with Gasteiger partial charge >= 0.3 is 11.9 Å². The minimum Gasteiger partial charge on any atom is -0.480 e. The molecule has 0 aliphatic heterocycles. The molecule has 0 aromatic rings. The Hall–Kier alpha value is -1.06. The summed E-state index contributed by atoms with van der Waals surface area (Å²) in [5.74, 6) is -1.60. The highest BCUT2D eigenvalue weighted by Crippen LogP contribution is 2.36. The Morgan fingerprint density at radius 2 is 1.68 bits per heavy atom. The van der Waals surface area contributed by atoms with Gasteiger partial charge in [-0.3, -0.25) is 9.59 Å². The monoisotopic (exact) mass is 272 g/mol. The third-order valence-electron chi connectivity index (χ3n) is 3.73. The third kappa shape index (κ3) is 4.51. The minimum atomic E-state index is -1.42. The van der Waals surface area contributed by atoms with E-state index in [1.807, 2.05) is 20.8 Å². The lowest BCUT2D eigenvalue weighted by molar-refractivity contribution is -0.177. The van der Waals surface area contributed by atoms with Crippen LogP contribution in [-0.4, -0.2) is 23.1 Å². The quantitative estimate of drug-likeness (QED) is 0.542. The number of aliphatic carboxylic acids is 1. The first-order valence-electron chi connectivity index (χ1n) is 7.12. The summed E-state index contributed by atoms with van der Waals surface area (Å²) < 4.78 is 5.30. The van der Waals surface area contributed by atoms with Gasteiger partial charge in [0.1, 0.15) is 0 Å². The maximum atomic E-state index is 12.3. The van der Waals surface area contributed by atoms with E-state index in [2.05, 4.69) is 0 Å². The zero-order valence-corrected chi connectivity index (χ0v) is 13.0. The molecule has 0 radical (unpaired) electrons. The van der Waals surface area contributed by atoms with Crippen molar-refractivity contribution in [2.24, 2.45) is 17.3 Å². The van der Waals surface area contributed by atoms with Crippen LogP contribution in [0.4, 0.5) is 0 Å². The molecule has 0 fully saturated rings. The molecule has 0 heterocycles. The molecule has 0 saturated carbocycles. The van der Waals surface area contributed by atoms with Crippen LogP contribution in [0.15, 0.2) is 0 Å². The molecule has 0 saturated heterocycles. The SMILES string of the molecule is CCC(C)OC(=O)C(CCC(C)C)(C(=O)O)C(C)C. The molecule has 0 bridgehead atoms. The van der Waals surface area contributed by atoms with Gasteiger partial charge < -0.3 is 9.84 Å². The molecule has 2 unspecified atom stereocenters. The van der Waals surface area contributed by atoms with Gasteiger partial charge in [0.2, 0.25) is 0 Å². The predicted molar refractivity (Wildman–Crippen MR) is 74.8 cm³/mol. The summed E-state index contributed by atoms with van der Waals surface area (Å²) in [5, 5.41) is 9.56. The largest absolute Gasteiger partial charge is 0.480 e. The number of carboxylic acids is 1. The van der Waals surface area contributed by atoms with E-state index in [0.29, 0.717) is 25.2 Å². The van der Waals surface area contributed by atoms with E-state index in [1.165, 1.54) is 0 Å². The van der Waals surface area contributed by atoms with Crippen LogP contribution in [0, 0.1) is 17.3 Å². The number of carbonyl (C=O) groups is 2. The number of carbonyl (C=O) groups excluding carboxylic acids is 1. The Labute approximate surface area is 116 Å². The number of ether oxygens (including phenoxy) is 1. The van der Waals surface area contributed by atoms with Gasteiger partial charge in [-0.05, 0) is 38.0 Å². The summed E-state index contributed by atoms with van der Waals surface area (Å²) in [4.78, 5) is 24.0. The summed E-state index contributed by atoms with van der Waals surface area (Å²) in [5.41, 5.74) is -1.42. The highest BCUT2D eigenvalue weighted by atomic mass is 16.5. The van der Waals surface area contributed by atoms with Crippen molar-refractivity contribution in [2.45, 2.75) is 66.9 Å². The van der Waals surface area contributed by atoms with E-state index < -0.39 is 17.4 Å². The van der Waals surface area contributed by atoms with Crippen molar-refractivity contribution in [3.8, 4) is 0 Å². The summed E-state index contributed by atoms with van der Waals surface area (Å²) >= 11 is 0. The van der Waals surface area contributed by atoms with E-state index in [-0.39, 0.29) is 12.0 Å². The van der Waals surface area contributed by atoms with Crippen molar-refractivity contribution < 1.29 is 19.4 Å². The molecule has 4 nitrogen and oxygen atoms in total. The molecule has 1 N–H and O–H groups in total. The zero-order valence-electron chi connectivity index (χ0n) is 13.0. The zero-order chi connectivity index (χ0) is 15.2. The van der Waals surface area contributed by atoms with Gasteiger partial charge in [-0.2, -0.15) is 0 Å². The summed E-state index contributed by atoms with van der Waals surface area (Å²) in [6, 6.07) is 0. The van der Waals surface area contributed by atoms with Gasteiger partial charge in [-0.1, -0.05) is 34.6 Å². The average Bonchev–Trinajstić information content (AvgIpc) is 2.28. The molecule has 19 heavy (non-hydrogen) atoms. The van der Waals surface area contributed by atoms with Crippen LogP contribution in [0.2, 0.25) is 0 Å². The Morgan fingerprint density at radius 1 is 1.16 bits per heavy atom. The molecular formula is C15H28O4. The normalized spacial score (nSPS) is 16.2. The summed E-state index contributed by atoms with van der Waals surface area (Å²) in [6.07, 6.45) is 1.46. The maximum absolute atomic E-state index is 12.3. The fraction of sp³-hybridized carbons (Fsp3) is 0.867. The first kappa shape index (κ1) is 17.9. The number of esters is 1. The molecule has 4 heteroatoms. The van der Waals surface area contributed by atoms with Crippen molar-refractivity contribution in [3.05, 3.63) is 0 Å². The van der Waals surface area contributed by atoms with Gasteiger partial charge in [0.05, 0.1) is 6.10 Å². The molecule has 0 aliphatic carbocycles. The van der Waals surface area contributed by atoms with Crippen LogP contribution < -0.4 is 0 Å². The molecular weight excluding hydrogens is 244 g/mol. The van der Waals surface area contributed by atoms with Gasteiger partial charge in [0.15, 0.2) is 5.41 Å². The van der Waals surface area contributed by atoms with E-state index in [1.54, 1.807) is 20.8 Å². The molecule has 0 aliphatic rings. The van der Waals surface area contributed by atoms with E-state index in [4.69, 9.17) is 4.74 Å². The Morgan fingerprint density at radius 3 is 2.00 bits per heavy atom. The van der Waals surface area contributed by atoms with Gasteiger partial charge in [-0.25, -0.2) is 0 Å². The van der Waals surface area contributed by atoms with Crippen molar-refractivity contribution in [1.82, 2.24) is 0 Å². The van der Waals surface area contributed by atoms with Crippen LogP contribution in [0.5, 0.6) is 0 Å². The van der Waals surface area contributed by atoms with E-state index in [9.17, 15) is 14.7 Å². The first-order chi connectivity index (χ1) is 8.68. The van der Waals surface area contributed by atoms with Crippen LogP contribution in [0.25, 0.3) is 0 Å². The second-order valence-corrected chi connectivity index (χ2v) is 5.99. The Balaban J connectivity index is 5.22. The number of carboxylic acid groups (broad SMARTS) is 1. The lowest BCUT2D eigenvalue weighted by Gasteiger charge is -2.32. The second-order valence-electron chi connectivity index (χ2n) is 5.99. The smallest absolute Gasteiger partial charge is 0.324 e. The number of hydrogen-bond donors (Lipinski definition) is 1. The van der Waals surface area contributed by atoms with Crippen LogP contribution in [0.3, 0.4) is 0 Å². The number of rotatable bonds is 8. The summed E-state index contributed by atoms with van der Waals surface area (Å²) in [6.45, 7) is 11.3. The fourth-order valence-corrected chi connectivity index (χ4v) is 1.96. The van der Waals surface area contributed by atoms with Crippen LogP contribution in [0.1, 0.15) is 60.8 Å². The van der Waals surface area contributed by atoms with Gasteiger partial charge in [0.25, 0.3) is 0 Å². The predicted octanol–water partition coefficient (Wildman–Crippen LogP) is 3.49. The molecule has 0 rings (SSSR count). The van der Waals surface area contributed by atoms with E-state index in [0.717, 1.165) is 0 Å². The lowest BCUT2D eigenvalue weighted by Crippen LogP contribution is -2.46. The highest BCUT2D eigenvalue weighted by Gasteiger charge is 2.50. The van der Waals surface area contributed by atoms with Crippen molar-refractivity contribution in [1.29, 1.82) is 0 Å². The van der Waals surface area contributed by atoms with Crippen molar-refractivity contribution in [3.63, 3.8) is 0 Å². The fourth-order valence-electron chi connectivity index (χ4n) is 1.96. The average molecular weight is 272 g/mol. The Bertz CT molecular complexity index is 309. The van der Waals surface area contributed by atoms with Crippen molar-refractivity contribution >= 4 is 11.9 Å². The van der Waals surface area contributed by atoms with E-state index >= 15 is 0 Å². The maximum Gasteiger partial charge on any atom is 0.324 e. The van der Waals surface area contributed by atoms with Gasteiger partial charge in [0, 0.05) is 0 Å². The molecule has 0 spiro atoms. The topological polar surface area (TPSA) is 63.6 Å². The molecule has 0 aromatic heterocycles. The summed E-state index contributed by atoms with van der Waals surface area (Å²) in [7, 11) is 0. The molecule has 2 atom stereocenters. The molecule has 112 valence electrons. The standard InChI is InChI=1S/C15H28O4/c1-7-12(6)19-14(18)15(11(4)5,13(16)17)9-8-10(2)3/h10-12H,7-9H2,1-6H3,(H,16,17). The minimum absolute atomic E-state index is 0.246. The number of hydrogen-bond acceptors (Lipinski definition) is 3.